The molecule has 0 saturated carbocycles. The fourth-order valence-electron chi connectivity index (χ4n) is 3.45. The molecule has 1 N–H and O–H groups in total. The summed E-state index contributed by atoms with van der Waals surface area (Å²) in [6, 6.07) is 15.6. The number of halogens is 2. The second-order valence-corrected chi connectivity index (χ2v) is 8.71. The van der Waals surface area contributed by atoms with E-state index in [1.807, 2.05) is 54.4 Å². The van der Waals surface area contributed by atoms with Crippen LogP contribution in [0.4, 0.5) is 11.5 Å². The molecule has 0 aliphatic carbocycles. The summed E-state index contributed by atoms with van der Waals surface area (Å²) in [4.78, 5) is 31.4. The normalized spacial score (nSPS) is 11.8. The van der Waals surface area contributed by atoms with Gasteiger partial charge in [-0.15, -0.1) is 0 Å². The SMILES string of the molecule is COCc1ccc(N(C)c2ccc(/C=C/CC(NC(=O)c3c(Cl)cccc3Cl)C(=O)OC)cc2)nc1. The Morgan fingerprint density at radius 1 is 1.06 bits per heavy atom. The number of hydrogen-bond acceptors (Lipinski definition) is 6. The molecule has 3 aromatic rings. The Morgan fingerprint density at radius 2 is 1.75 bits per heavy atom. The molecule has 3 rings (SSSR count). The van der Waals surface area contributed by atoms with E-state index in [1.165, 1.54) is 7.11 Å². The summed E-state index contributed by atoms with van der Waals surface area (Å²) in [6.07, 6.45) is 5.68. The van der Waals surface area contributed by atoms with Crippen LogP contribution in [0.3, 0.4) is 0 Å². The molecule has 0 aliphatic rings. The molecule has 1 unspecified atom stereocenters. The molecule has 0 radical (unpaired) electrons. The van der Waals surface area contributed by atoms with Crippen molar-refractivity contribution in [3.8, 4) is 0 Å². The van der Waals surface area contributed by atoms with Crippen LogP contribution >= 0.6 is 23.2 Å². The van der Waals surface area contributed by atoms with E-state index in [0.717, 1.165) is 22.6 Å². The molecule has 1 heterocycles. The number of methoxy groups -OCH3 is 2. The number of nitrogens with one attached hydrogen (secondary N) is 1. The van der Waals surface area contributed by atoms with Crippen LogP contribution in [-0.4, -0.2) is 44.2 Å². The number of pyridine rings is 1. The van der Waals surface area contributed by atoms with Crippen LogP contribution in [0.15, 0.2) is 66.9 Å². The second-order valence-electron chi connectivity index (χ2n) is 7.89. The number of benzene rings is 2. The van der Waals surface area contributed by atoms with Crippen molar-refractivity contribution in [1.29, 1.82) is 0 Å². The number of esters is 1. The van der Waals surface area contributed by atoms with Crippen molar-refractivity contribution in [1.82, 2.24) is 10.3 Å². The van der Waals surface area contributed by atoms with Crippen LogP contribution in [-0.2, 0) is 20.9 Å². The minimum atomic E-state index is -0.899. The number of nitrogens with zero attached hydrogens (tertiary/aromatic N) is 2. The third-order valence-corrected chi connectivity index (χ3v) is 6.04. The first-order valence-corrected chi connectivity index (χ1v) is 11.9. The predicted octanol–water partition coefficient (Wildman–Crippen LogP) is 5.68. The van der Waals surface area contributed by atoms with Gasteiger partial charge in [0.2, 0.25) is 0 Å². The number of aromatic nitrogens is 1. The summed E-state index contributed by atoms with van der Waals surface area (Å²) in [5, 5.41) is 3.05. The van der Waals surface area contributed by atoms with Crippen LogP contribution in [0.5, 0.6) is 0 Å². The quantitative estimate of drug-likeness (QED) is 0.341. The van der Waals surface area contributed by atoms with Crippen LogP contribution in [0, 0.1) is 0 Å². The first-order chi connectivity index (χ1) is 17.3. The molecule has 9 heteroatoms. The minimum absolute atomic E-state index is 0.112. The fraction of sp³-hybridized carbons (Fsp3) is 0.222. The standard InChI is InChI=1S/C27H27Cl2N3O4/c1-32(24-15-12-19(16-30-24)17-35-2)20-13-10-18(11-14-20)6-4-9-23(27(34)36-3)31-26(33)25-21(28)7-5-8-22(25)29/h4-8,10-16,23H,9,17H2,1-3H3,(H,31,33)/b6-4+. The maximum absolute atomic E-state index is 12.7. The Hall–Kier alpha value is -3.39. The van der Waals surface area contributed by atoms with E-state index >= 15 is 0 Å². The molecule has 0 aliphatic heterocycles. The zero-order valence-electron chi connectivity index (χ0n) is 20.2. The van der Waals surface area contributed by atoms with Crippen molar-refractivity contribution >= 4 is 52.7 Å². The van der Waals surface area contributed by atoms with Crippen molar-refractivity contribution in [2.24, 2.45) is 0 Å². The van der Waals surface area contributed by atoms with E-state index in [2.05, 4.69) is 10.3 Å². The van der Waals surface area contributed by atoms with Gasteiger partial charge in [-0.25, -0.2) is 9.78 Å². The average molecular weight is 528 g/mol. The zero-order valence-corrected chi connectivity index (χ0v) is 21.7. The Labute approximate surface area is 220 Å². The van der Waals surface area contributed by atoms with Gasteiger partial charge in [0, 0.05) is 26.0 Å². The number of ether oxygens (including phenoxy) is 2. The van der Waals surface area contributed by atoms with E-state index < -0.39 is 17.9 Å². The molecule has 36 heavy (non-hydrogen) atoms. The Bertz CT molecular complexity index is 1190. The molecule has 7 nitrogen and oxygen atoms in total. The molecule has 2 aromatic carbocycles. The van der Waals surface area contributed by atoms with E-state index in [-0.39, 0.29) is 22.0 Å². The monoisotopic (exact) mass is 527 g/mol. The molecule has 1 aromatic heterocycles. The van der Waals surface area contributed by atoms with Crippen LogP contribution in [0.1, 0.15) is 27.9 Å². The van der Waals surface area contributed by atoms with Gasteiger partial charge < -0.3 is 19.7 Å². The summed E-state index contributed by atoms with van der Waals surface area (Å²) in [6.45, 7) is 0.520. The van der Waals surface area contributed by atoms with Crippen LogP contribution < -0.4 is 10.2 Å². The number of anilines is 2. The second kappa shape index (κ2) is 13.1. The largest absolute Gasteiger partial charge is 0.467 e. The highest BCUT2D eigenvalue weighted by Crippen LogP contribution is 2.25. The molecule has 0 spiro atoms. The number of carbonyl (C=O) groups is 2. The summed E-state index contributed by atoms with van der Waals surface area (Å²) >= 11 is 12.2. The molecule has 0 bridgehead atoms. The number of hydrogen-bond donors (Lipinski definition) is 1. The van der Waals surface area contributed by atoms with E-state index in [4.69, 9.17) is 32.7 Å². The number of rotatable bonds is 10. The van der Waals surface area contributed by atoms with Crippen molar-refractivity contribution in [3.05, 3.63) is 93.6 Å². The molecular formula is C27H27Cl2N3O4. The van der Waals surface area contributed by atoms with Crippen molar-refractivity contribution in [3.63, 3.8) is 0 Å². The average Bonchev–Trinajstić information content (AvgIpc) is 2.88. The lowest BCUT2D eigenvalue weighted by atomic mass is 10.1. The molecule has 0 saturated heterocycles. The predicted molar refractivity (Wildman–Crippen MR) is 143 cm³/mol. The van der Waals surface area contributed by atoms with Gasteiger partial charge in [-0.1, -0.05) is 59.6 Å². The van der Waals surface area contributed by atoms with E-state index in [9.17, 15) is 9.59 Å². The molecule has 1 atom stereocenters. The summed E-state index contributed by atoms with van der Waals surface area (Å²) in [5.41, 5.74) is 3.02. The Morgan fingerprint density at radius 3 is 2.33 bits per heavy atom. The highest BCUT2D eigenvalue weighted by Gasteiger charge is 2.23. The maximum atomic E-state index is 12.7. The first-order valence-electron chi connectivity index (χ1n) is 11.1. The lowest BCUT2D eigenvalue weighted by Crippen LogP contribution is -2.41. The first kappa shape index (κ1) is 27.2. The van der Waals surface area contributed by atoms with Gasteiger partial charge in [0.25, 0.3) is 5.91 Å². The third kappa shape index (κ3) is 7.07. The van der Waals surface area contributed by atoms with Gasteiger partial charge in [0.15, 0.2) is 0 Å². The molecule has 1 amide bonds. The zero-order chi connectivity index (χ0) is 26.1. The highest BCUT2D eigenvalue weighted by molar-refractivity contribution is 6.39. The van der Waals surface area contributed by atoms with Crippen molar-refractivity contribution < 1.29 is 19.1 Å². The smallest absolute Gasteiger partial charge is 0.328 e. The minimum Gasteiger partial charge on any atom is -0.467 e. The van der Waals surface area contributed by atoms with Gasteiger partial charge in [-0.3, -0.25) is 4.79 Å². The maximum Gasteiger partial charge on any atom is 0.328 e. The van der Waals surface area contributed by atoms with Crippen molar-refractivity contribution in [2.45, 2.75) is 19.1 Å². The van der Waals surface area contributed by atoms with Gasteiger partial charge >= 0.3 is 5.97 Å². The molecule has 188 valence electrons. The Balaban J connectivity index is 1.65. The van der Waals surface area contributed by atoms with Crippen LogP contribution in [0.2, 0.25) is 10.0 Å². The van der Waals surface area contributed by atoms with Gasteiger partial charge in [0.1, 0.15) is 11.9 Å². The van der Waals surface area contributed by atoms with Crippen LogP contribution in [0.25, 0.3) is 6.08 Å². The topological polar surface area (TPSA) is 80.8 Å². The number of carbonyl (C=O) groups excluding carboxylic acids is 2. The lowest BCUT2D eigenvalue weighted by molar-refractivity contribution is -0.142. The van der Waals surface area contributed by atoms with E-state index in [1.54, 1.807) is 37.6 Å². The molecular weight excluding hydrogens is 501 g/mol. The summed E-state index contributed by atoms with van der Waals surface area (Å²) in [7, 11) is 4.86. The van der Waals surface area contributed by atoms with Crippen molar-refractivity contribution in [2.75, 3.05) is 26.2 Å². The highest BCUT2D eigenvalue weighted by atomic mass is 35.5. The van der Waals surface area contributed by atoms with Gasteiger partial charge in [-0.2, -0.15) is 0 Å². The van der Waals surface area contributed by atoms with Gasteiger partial charge in [0.05, 0.1) is 29.3 Å². The van der Waals surface area contributed by atoms with Gasteiger partial charge in [-0.05, 0) is 47.9 Å². The Kier molecular flexibility index (Phi) is 9.87. The van der Waals surface area contributed by atoms with E-state index in [0.29, 0.717) is 6.61 Å². The number of amides is 1. The fourth-order valence-corrected chi connectivity index (χ4v) is 4.02. The third-order valence-electron chi connectivity index (χ3n) is 5.41. The molecule has 0 fully saturated rings. The summed E-state index contributed by atoms with van der Waals surface area (Å²) in [5.74, 6) is -0.309. The summed E-state index contributed by atoms with van der Waals surface area (Å²) < 4.78 is 9.97. The lowest BCUT2D eigenvalue weighted by Gasteiger charge is -2.18.